The Hall–Kier alpha value is -1.40. The Bertz CT molecular complexity index is 545. The van der Waals surface area contributed by atoms with Crippen LogP contribution in [-0.2, 0) is 0 Å². The molecule has 1 aromatic rings. The van der Waals surface area contributed by atoms with E-state index in [2.05, 4.69) is 12.2 Å². The largest absolute Gasteiger partial charge is 0.388 e. The van der Waals surface area contributed by atoms with Crippen LogP contribution in [0.2, 0.25) is 5.02 Å². The second-order valence-electron chi connectivity index (χ2n) is 5.80. The molecule has 0 saturated heterocycles. The quantitative estimate of drug-likeness (QED) is 0.655. The maximum absolute atomic E-state index is 13.3. The molecule has 0 radical (unpaired) electrons. The van der Waals surface area contributed by atoms with Crippen LogP contribution in [0.25, 0.3) is 0 Å². The van der Waals surface area contributed by atoms with Crippen LogP contribution >= 0.6 is 11.6 Å². The molecule has 21 heavy (non-hydrogen) atoms. The zero-order valence-corrected chi connectivity index (χ0v) is 12.5. The van der Waals surface area contributed by atoms with Crippen LogP contribution in [0, 0.1) is 21.8 Å². The fourth-order valence-electron chi connectivity index (χ4n) is 2.56. The summed E-state index contributed by atoms with van der Waals surface area (Å²) in [6.07, 6.45) is 3.13. The van der Waals surface area contributed by atoms with Crippen molar-refractivity contribution in [3.63, 3.8) is 0 Å². The third-order valence-electron chi connectivity index (χ3n) is 4.05. The van der Waals surface area contributed by atoms with Gasteiger partial charge >= 0.3 is 0 Å². The Balaban J connectivity index is 2.12. The Kier molecular flexibility index (Phi) is 4.68. The van der Waals surface area contributed by atoms with Gasteiger partial charge < -0.3 is 10.4 Å². The predicted molar refractivity (Wildman–Crippen MR) is 79.1 cm³/mol. The number of benzene rings is 1. The van der Waals surface area contributed by atoms with Crippen LogP contribution in [0.5, 0.6) is 0 Å². The molecule has 7 heteroatoms. The van der Waals surface area contributed by atoms with Gasteiger partial charge in [0, 0.05) is 6.54 Å². The molecule has 0 bridgehead atoms. The molecule has 2 rings (SSSR count). The molecule has 1 saturated carbocycles. The van der Waals surface area contributed by atoms with Gasteiger partial charge in [-0.3, -0.25) is 10.1 Å². The van der Waals surface area contributed by atoms with Crippen molar-refractivity contribution in [2.45, 2.75) is 38.2 Å². The SMILES string of the molecule is CC1CCC(O)(CNc2cc(Cl)c(F)cc2[N+](=O)[O-])CC1. The number of nitro groups is 1. The van der Waals surface area contributed by atoms with Gasteiger partial charge in [-0.2, -0.15) is 0 Å². The molecule has 1 aliphatic rings. The maximum atomic E-state index is 13.3. The molecule has 0 heterocycles. The third-order valence-corrected chi connectivity index (χ3v) is 4.34. The molecule has 1 aliphatic carbocycles. The third kappa shape index (κ3) is 3.83. The van der Waals surface area contributed by atoms with E-state index in [1.807, 2.05) is 0 Å². The molecule has 0 aliphatic heterocycles. The highest BCUT2D eigenvalue weighted by molar-refractivity contribution is 6.31. The van der Waals surface area contributed by atoms with E-state index in [0.29, 0.717) is 18.8 Å². The molecule has 0 amide bonds. The molecule has 2 N–H and O–H groups in total. The molecule has 0 aromatic heterocycles. The van der Waals surface area contributed by atoms with E-state index in [1.54, 1.807) is 0 Å². The predicted octanol–water partition coefficient (Wildman–Crippen LogP) is 3.74. The number of rotatable bonds is 4. The zero-order valence-electron chi connectivity index (χ0n) is 11.7. The number of aliphatic hydroxyl groups is 1. The first-order valence-corrected chi connectivity index (χ1v) is 7.28. The summed E-state index contributed by atoms with van der Waals surface area (Å²) in [5.41, 5.74) is -1.15. The first kappa shape index (κ1) is 16.0. The van der Waals surface area contributed by atoms with Crippen molar-refractivity contribution in [3.05, 3.63) is 33.1 Å². The summed E-state index contributed by atoms with van der Waals surface area (Å²) in [6, 6.07) is 1.97. The highest BCUT2D eigenvalue weighted by atomic mass is 35.5. The first-order valence-electron chi connectivity index (χ1n) is 6.90. The van der Waals surface area contributed by atoms with Gasteiger partial charge in [0.2, 0.25) is 0 Å². The van der Waals surface area contributed by atoms with E-state index in [9.17, 15) is 19.6 Å². The van der Waals surface area contributed by atoms with Crippen LogP contribution in [0.1, 0.15) is 32.6 Å². The Morgan fingerprint density at radius 2 is 2.14 bits per heavy atom. The van der Waals surface area contributed by atoms with E-state index in [0.717, 1.165) is 18.9 Å². The number of anilines is 1. The smallest absolute Gasteiger partial charge is 0.295 e. The normalized spacial score (nSPS) is 25.6. The van der Waals surface area contributed by atoms with Gasteiger partial charge in [-0.1, -0.05) is 18.5 Å². The highest BCUT2D eigenvalue weighted by Crippen LogP contribution is 2.34. The van der Waals surface area contributed by atoms with Gasteiger partial charge in [0.05, 0.1) is 21.6 Å². The van der Waals surface area contributed by atoms with Crippen molar-refractivity contribution < 1.29 is 14.4 Å². The van der Waals surface area contributed by atoms with E-state index >= 15 is 0 Å². The minimum atomic E-state index is -0.888. The topological polar surface area (TPSA) is 75.4 Å². The molecule has 0 unspecified atom stereocenters. The summed E-state index contributed by atoms with van der Waals surface area (Å²) in [4.78, 5) is 10.3. The number of halogens is 2. The average molecular weight is 317 g/mol. The van der Waals surface area contributed by atoms with Gasteiger partial charge in [0.15, 0.2) is 0 Å². The molecule has 5 nitrogen and oxygen atoms in total. The van der Waals surface area contributed by atoms with Crippen molar-refractivity contribution in [2.24, 2.45) is 5.92 Å². The number of nitrogens with one attached hydrogen (secondary N) is 1. The monoisotopic (exact) mass is 316 g/mol. The van der Waals surface area contributed by atoms with Gasteiger partial charge in [-0.05, 0) is 37.7 Å². The highest BCUT2D eigenvalue weighted by Gasteiger charge is 2.32. The minimum absolute atomic E-state index is 0.124. The van der Waals surface area contributed by atoms with Gasteiger partial charge in [-0.25, -0.2) is 4.39 Å². The van der Waals surface area contributed by atoms with E-state index in [4.69, 9.17) is 11.6 Å². The number of hydrogen-bond acceptors (Lipinski definition) is 4. The molecular formula is C14H18ClFN2O3. The molecular weight excluding hydrogens is 299 g/mol. The fourth-order valence-corrected chi connectivity index (χ4v) is 2.73. The van der Waals surface area contributed by atoms with Crippen LogP contribution in [0.4, 0.5) is 15.8 Å². The lowest BCUT2D eigenvalue weighted by Crippen LogP contribution is -2.40. The van der Waals surface area contributed by atoms with Gasteiger partial charge in [0.1, 0.15) is 11.5 Å². The molecule has 1 fully saturated rings. The van der Waals surface area contributed by atoms with Gasteiger partial charge in [0.25, 0.3) is 5.69 Å². The van der Waals surface area contributed by atoms with Crippen molar-refractivity contribution in [1.82, 2.24) is 0 Å². The van der Waals surface area contributed by atoms with E-state index < -0.39 is 16.3 Å². The Labute approximate surface area is 127 Å². The molecule has 1 aromatic carbocycles. The van der Waals surface area contributed by atoms with Crippen molar-refractivity contribution in [3.8, 4) is 0 Å². The Morgan fingerprint density at radius 3 is 2.71 bits per heavy atom. The molecule has 0 atom stereocenters. The lowest BCUT2D eigenvalue weighted by atomic mass is 9.79. The second kappa shape index (κ2) is 6.15. The summed E-state index contributed by atoms with van der Waals surface area (Å²) in [7, 11) is 0. The van der Waals surface area contributed by atoms with Crippen LogP contribution in [0.3, 0.4) is 0 Å². The minimum Gasteiger partial charge on any atom is -0.388 e. The standard InChI is InChI=1S/C14H18ClFN2O3/c1-9-2-4-14(19,5-3-9)8-17-12-6-10(15)11(16)7-13(12)18(20)21/h6-7,9,17,19H,2-5,8H2,1H3. The number of nitrogens with zero attached hydrogens (tertiary/aromatic N) is 1. The van der Waals surface area contributed by atoms with Crippen LogP contribution in [0.15, 0.2) is 12.1 Å². The molecule has 116 valence electrons. The summed E-state index contributed by atoms with van der Waals surface area (Å²) >= 11 is 5.67. The van der Waals surface area contributed by atoms with Crippen molar-refractivity contribution >= 4 is 23.0 Å². The number of hydrogen-bond donors (Lipinski definition) is 2. The lowest BCUT2D eigenvalue weighted by molar-refractivity contribution is -0.384. The van der Waals surface area contributed by atoms with Crippen LogP contribution < -0.4 is 5.32 Å². The average Bonchev–Trinajstić information content (AvgIpc) is 2.43. The van der Waals surface area contributed by atoms with E-state index in [1.165, 1.54) is 6.07 Å². The second-order valence-corrected chi connectivity index (χ2v) is 6.21. The van der Waals surface area contributed by atoms with Crippen molar-refractivity contribution in [1.29, 1.82) is 0 Å². The molecule has 0 spiro atoms. The summed E-state index contributed by atoms with van der Waals surface area (Å²) in [6.45, 7) is 2.32. The summed E-state index contributed by atoms with van der Waals surface area (Å²) in [5.74, 6) is -0.251. The summed E-state index contributed by atoms with van der Waals surface area (Å²) < 4.78 is 13.3. The van der Waals surface area contributed by atoms with Gasteiger partial charge in [-0.15, -0.1) is 0 Å². The zero-order chi connectivity index (χ0) is 15.6. The lowest BCUT2D eigenvalue weighted by Gasteiger charge is -2.35. The Morgan fingerprint density at radius 1 is 1.52 bits per heavy atom. The summed E-state index contributed by atoms with van der Waals surface area (Å²) in [5, 5.41) is 24.1. The fraction of sp³-hybridized carbons (Fsp3) is 0.571. The van der Waals surface area contributed by atoms with Crippen LogP contribution in [-0.4, -0.2) is 22.2 Å². The first-order chi connectivity index (χ1) is 9.81. The maximum Gasteiger partial charge on any atom is 0.295 e. The van der Waals surface area contributed by atoms with E-state index in [-0.39, 0.29) is 22.9 Å². The van der Waals surface area contributed by atoms with Crippen molar-refractivity contribution in [2.75, 3.05) is 11.9 Å². The number of nitro benzene ring substituents is 1.